The van der Waals surface area contributed by atoms with Gasteiger partial charge in [0.05, 0.1) is 0 Å². The van der Waals surface area contributed by atoms with E-state index in [1.807, 2.05) is 29.2 Å². The number of hydrogen-bond acceptors (Lipinski definition) is 3. The van der Waals surface area contributed by atoms with E-state index in [1.54, 1.807) is 18.4 Å². The number of allylic oxidation sites excluding steroid dienone is 2. The maximum absolute atomic E-state index is 13.1. The molecule has 0 spiro atoms. The zero-order valence-electron chi connectivity index (χ0n) is 13.2. The molecule has 1 fully saturated rings. The second kappa shape index (κ2) is 8.88. The van der Waals surface area contributed by atoms with Crippen molar-refractivity contribution in [3.8, 4) is 0 Å². The van der Waals surface area contributed by atoms with Crippen LogP contribution in [0.2, 0.25) is 0 Å². The molecule has 0 amide bonds. The highest BCUT2D eigenvalue weighted by Crippen LogP contribution is 2.17. The molecule has 0 aliphatic carbocycles. The number of alkyl halides is 1. The van der Waals surface area contributed by atoms with Crippen molar-refractivity contribution in [3.05, 3.63) is 54.8 Å². The van der Waals surface area contributed by atoms with Crippen LogP contribution in [0, 0.1) is 0 Å². The van der Waals surface area contributed by atoms with Gasteiger partial charge in [-0.25, -0.2) is 9.38 Å². The number of benzene rings is 1. The molecule has 23 heavy (non-hydrogen) atoms. The summed E-state index contributed by atoms with van der Waals surface area (Å²) in [6.07, 6.45) is 6.23. The maximum atomic E-state index is 13.1. The normalized spacial score (nSPS) is 16.0. The standard InChI is InChI=1S/C18H22FN3O/c1-2-3-9-20-18(15-19)22-12-10-21(11-13-22)17-6-4-16(5-7-17)8-14-23/h2-7,9,14H,1,8,10-13,15H2/b9-3-,20-18?. The van der Waals surface area contributed by atoms with E-state index in [-0.39, 0.29) is 0 Å². The van der Waals surface area contributed by atoms with Crippen LogP contribution in [0.1, 0.15) is 5.56 Å². The SMILES string of the molecule is C=C/C=C\N=C(CF)N1CCN(c2ccc(CC=O)cc2)CC1. The van der Waals surface area contributed by atoms with Crippen LogP contribution in [0.5, 0.6) is 0 Å². The fourth-order valence-corrected chi connectivity index (χ4v) is 2.55. The van der Waals surface area contributed by atoms with Gasteiger partial charge in [0.15, 0.2) is 0 Å². The minimum atomic E-state index is -0.568. The molecule has 5 heteroatoms. The molecular weight excluding hydrogens is 293 g/mol. The fourth-order valence-electron chi connectivity index (χ4n) is 2.55. The van der Waals surface area contributed by atoms with Gasteiger partial charge in [0.2, 0.25) is 0 Å². The molecule has 0 bridgehead atoms. The number of anilines is 1. The average molecular weight is 315 g/mol. The average Bonchev–Trinajstić information content (AvgIpc) is 2.60. The van der Waals surface area contributed by atoms with Gasteiger partial charge in [-0.2, -0.15) is 0 Å². The van der Waals surface area contributed by atoms with Gasteiger partial charge in [-0.3, -0.25) is 0 Å². The summed E-state index contributed by atoms with van der Waals surface area (Å²) in [5.41, 5.74) is 2.15. The van der Waals surface area contributed by atoms with Gasteiger partial charge < -0.3 is 14.6 Å². The van der Waals surface area contributed by atoms with Crippen LogP contribution in [-0.4, -0.2) is 49.9 Å². The monoisotopic (exact) mass is 315 g/mol. The molecule has 1 aliphatic heterocycles. The minimum Gasteiger partial charge on any atom is -0.368 e. The van der Waals surface area contributed by atoms with Crippen LogP contribution in [-0.2, 0) is 11.2 Å². The predicted octanol–water partition coefficient (Wildman–Crippen LogP) is 2.62. The first-order valence-corrected chi connectivity index (χ1v) is 7.71. The molecule has 1 aliphatic rings. The highest BCUT2D eigenvalue weighted by molar-refractivity contribution is 5.84. The fraction of sp³-hybridized carbons (Fsp3) is 0.333. The van der Waals surface area contributed by atoms with Crippen molar-refractivity contribution in [2.24, 2.45) is 4.99 Å². The van der Waals surface area contributed by atoms with Crippen LogP contribution < -0.4 is 4.90 Å². The second-order valence-corrected chi connectivity index (χ2v) is 5.27. The van der Waals surface area contributed by atoms with E-state index in [0.29, 0.717) is 12.3 Å². The molecule has 0 N–H and O–H groups in total. The molecule has 1 aromatic rings. The molecule has 1 heterocycles. The van der Waals surface area contributed by atoms with E-state index in [9.17, 15) is 9.18 Å². The van der Waals surface area contributed by atoms with Crippen molar-refractivity contribution in [1.29, 1.82) is 0 Å². The van der Waals surface area contributed by atoms with Crippen molar-refractivity contribution < 1.29 is 9.18 Å². The topological polar surface area (TPSA) is 35.9 Å². The Morgan fingerprint density at radius 3 is 2.48 bits per heavy atom. The largest absolute Gasteiger partial charge is 0.368 e. The van der Waals surface area contributed by atoms with Gasteiger partial charge >= 0.3 is 0 Å². The Labute approximate surface area is 136 Å². The zero-order chi connectivity index (χ0) is 16.5. The summed E-state index contributed by atoms with van der Waals surface area (Å²) in [6, 6.07) is 8.02. The summed E-state index contributed by atoms with van der Waals surface area (Å²) in [4.78, 5) is 18.9. The summed E-state index contributed by atoms with van der Waals surface area (Å²) >= 11 is 0. The molecule has 0 aromatic heterocycles. The predicted molar refractivity (Wildman–Crippen MR) is 92.7 cm³/mol. The quantitative estimate of drug-likeness (QED) is 0.350. The van der Waals surface area contributed by atoms with Gasteiger partial charge in [-0.15, -0.1) is 0 Å². The number of hydrogen-bond donors (Lipinski definition) is 0. The van der Waals surface area contributed by atoms with Crippen LogP contribution in [0.15, 0.2) is 54.2 Å². The molecule has 0 saturated carbocycles. The summed E-state index contributed by atoms with van der Waals surface area (Å²) < 4.78 is 13.1. The van der Waals surface area contributed by atoms with E-state index >= 15 is 0 Å². The Bertz CT molecular complexity index is 572. The third kappa shape index (κ3) is 4.77. The number of halogens is 1. The highest BCUT2D eigenvalue weighted by Gasteiger charge is 2.19. The molecule has 2 rings (SSSR count). The van der Waals surface area contributed by atoms with Crippen LogP contribution in [0.4, 0.5) is 10.1 Å². The molecule has 1 saturated heterocycles. The van der Waals surface area contributed by atoms with E-state index in [4.69, 9.17) is 0 Å². The van der Waals surface area contributed by atoms with Gasteiger partial charge in [0.1, 0.15) is 18.8 Å². The number of amidine groups is 1. The summed E-state index contributed by atoms with van der Waals surface area (Å²) in [6.45, 7) is 6.11. The molecule has 0 atom stereocenters. The Hall–Kier alpha value is -2.43. The van der Waals surface area contributed by atoms with Crippen LogP contribution >= 0.6 is 0 Å². The van der Waals surface area contributed by atoms with Crippen LogP contribution in [0.25, 0.3) is 0 Å². The van der Waals surface area contributed by atoms with E-state index in [2.05, 4.69) is 16.5 Å². The van der Waals surface area contributed by atoms with Crippen molar-refractivity contribution in [2.45, 2.75) is 6.42 Å². The van der Waals surface area contributed by atoms with Crippen molar-refractivity contribution >= 4 is 17.8 Å². The van der Waals surface area contributed by atoms with Crippen molar-refractivity contribution in [1.82, 2.24) is 4.90 Å². The first kappa shape index (κ1) is 16.9. The maximum Gasteiger partial charge on any atom is 0.147 e. The number of carbonyl (C=O) groups excluding carboxylic acids is 1. The molecular formula is C18H22FN3O. The number of aliphatic imine (C=N–C) groups is 1. The molecule has 122 valence electrons. The smallest absolute Gasteiger partial charge is 0.147 e. The van der Waals surface area contributed by atoms with Gasteiger partial charge in [-0.1, -0.05) is 24.8 Å². The lowest BCUT2D eigenvalue weighted by molar-refractivity contribution is -0.107. The summed E-state index contributed by atoms with van der Waals surface area (Å²) in [5, 5.41) is 0. The molecule has 0 unspecified atom stereocenters. The van der Waals surface area contributed by atoms with Gasteiger partial charge in [-0.05, 0) is 23.8 Å². The number of nitrogens with zero attached hydrogens (tertiary/aromatic N) is 3. The van der Waals surface area contributed by atoms with Crippen molar-refractivity contribution in [2.75, 3.05) is 37.8 Å². The zero-order valence-corrected chi connectivity index (χ0v) is 13.2. The number of piperazine rings is 1. The van der Waals surface area contributed by atoms with E-state index in [0.717, 1.165) is 43.7 Å². The minimum absolute atomic E-state index is 0.447. The van der Waals surface area contributed by atoms with Gasteiger partial charge in [0, 0.05) is 44.5 Å². The Morgan fingerprint density at radius 1 is 1.22 bits per heavy atom. The third-order valence-electron chi connectivity index (χ3n) is 3.83. The Kier molecular flexibility index (Phi) is 6.54. The number of rotatable bonds is 6. The van der Waals surface area contributed by atoms with Gasteiger partial charge in [0.25, 0.3) is 0 Å². The first-order chi connectivity index (χ1) is 11.3. The summed E-state index contributed by atoms with van der Waals surface area (Å²) in [7, 11) is 0. The number of aldehydes is 1. The lowest BCUT2D eigenvalue weighted by Gasteiger charge is -2.37. The number of carbonyl (C=O) groups is 1. The highest BCUT2D eigenvalue weighted by atomic mass is 19.1. The first-order valence-electron chi connectivity index (χ1n) is 7.71. The third-order valence-corrected chi connectivity index (χ3v) is 3.83. The molecule has 1 aromatic carbocycles. The lowest BCUT2D eigenvalue weighted by Crippen LogP contribution is -2.49. The van der Waals surface area contributed by atoms with Crippen LogP contribution in [0.3, 0.4) is 0 Å². The molecule has 4 nitrogen and oxygen atoms in total. The Balaban J connectivity index is 1.94. The van der Waals surface area contributed by atoms with E-state index < -0.39 is 6.67 Å². The summed E-state index contributed by atoms with van der Waals surface area (Å²) in [5.74, 6) is 0.462. The molecule has 0 radical (unpaired) electrons. The Morgan fingerprint density at radius 2 is 1.91 bits per heavy atom. The second-order valence-electron chi connectivity index (χ2n) is 5.27. The van der Waals surface area contributed by atoms with E-state index in [1.165, 1.54) is 0 Å². The lowest BCUT2D eigenvalue weighted by atomic mass is 10.1. The van der Waals surface area contributed by atoms with Crippen molar-refractivity contribution in [3.63, 3.8) is 0 Å².